The maximum atomic E-state index is 13.0. The van der Waals surface area contributed by atoms with Crippen LogP contribution in [0.3, 0.4) is 0 Å². The van der Waals surface area contributed by atoms with Gasteiger partial charge in [-0.05, 0) is 54.9 Å². The van der Waals surface area contributed by atoms with Gasteiger partial charge in [0.2, 0.25) is 0 Å². The molecule has 0 aliphatic heterocycles. The summed E-state index contributed by atoms with van der Waals surface area (Å²) in [7, 11) is 1.72. The van der Waals surface area contributed by atoms with E-state index in [1.807, 2.05) is 42.5 Å². The highest BCUT2D eigenvalue weighted by Crippen LogP contribution is 2.21. The summed E-state index contributed by atoms with van der Waals surface area (Å²) in [6, 6.07) is 24.2. The second-order valence-electron chi connectivity index (χ2n) is 8.03. The molecule has 6 nitrogen and oxygen atoms in total. The van der Waals surface area contributed by atoms with Crippen LogP contribution in [0.5, 0.6) is 5.75 Å². The van der Waals surface area contributed by atoms with E-state index in [9.17, 15) is 9.59 Å². The van der Waals surface area contributed by atoms with Gasteiger partial charge in [0.1, 0.15) is 5.75 Å². The molecule has 0 saturated carbocycles. The van der Waals surface area contributed by atoms with E-state index in [1.54, 1.807) is 48.3 Å². The van der Waals surface area contributed by atoms with E-state index >= 15 is 0 Å². The maximum absolute atomic E-state index is 13.0. The predicted octanol–water partition coefficient (Wildman–Crippen LogP) is 4.99. The summed E-state index contributed by atoms with van der Waals surface area (Å²) in [5.41, 5.74) is 2.64. The number of carbonyl (C=O) groups is 2. The molecule has 3 rings (SSSR count). The van der Waals surface area contributed by atoms with Crippen LogP contribution in [0.2, 0.25) is 0 Å². The average Bonchev–Trinajstić information content (AvgIpc) is 2.89. The minimum Gasteiger partial charge on any atom is -0.493 e. The van der Waals surface area contributed by atoms with E-state index in [4.69, 9.17) is 17.0 Å². The van der Waals surface area contributed by atoms with Crippen molar-refractivity contribution in [3.8, 4) is 5.75 Å². The van der Waals surface area contributed by atoms with Crippen LogP contribution in [0, 0.1) is 0 Å². The molecule has 0 saturated heterocycles. The van der Waals surface area contributed by atoms with Gasteiger partial charge in [0.15, 0.2) is 5.11 Å². The average molecular weight is 490 g/mol. The summed E-state index contributed by atoms with van der Waals surface area (Å²) >= 11 is 5.50. The Labute approximate surface area is 212 Å². The quantitative estimate of drug-likeness (QED) is 0.310. The lowest BCUT2D eigenvalue weighted by Gasteiger charge is -2.23. The summed E-state index contributed by atoms with van der Waals surface area (Å²) in [5, 5.41) is 5.91. The third-order valence-corrected chi connectivity index (χ3v) is 5.84. The normalized spacial score (nSPS) is 10.3. The van der Waals surface area contributed by atoms with Crippen molar-refractivity contribution in [1.29, 1.82) is 0 Å². The van der Waals surface area contributed by atoms with Gasteiger partial charge in [-0.3, -0.25) is 14.9 Å². The molecule has 2 N–H and O–H groups in total. The first-order valence-corrected chi connectivity index (χ1v) is 12.1. The molecular weight excluding hydrogens is 458 g/mol. The van der Waals surface area contributed by atoms with E-state index in [0.717, 1.165) is 24.8 Å². The highest BCUT2D eigenvalue weighted by Gasteiger charge is 2.19. The van der Waals surface area contributed by atoms with Crippen molar-refractivity contribution in [2.75, 3.05) is 25.1 Å². The monoisotopic (exact) mass is 489 g/mol. The zero-order valence-corrected chi connectivity index (χ0v) is 20.9. The Kier molecular flexibility index (Phi) is 9.80. The molecule has 3 aromatic rings. The van der Waals surface area contributed by atoms with Crippen molar-refractivity contribution in [1.82, 2.24) is 10.6 Å². The summed E-state index contributed by atoms with van der Waals surface area (Å²) < 4.78 is 5.77. The zero-order valence-electron chi connectivity index (χ0n) is 20.1. The molecule has 0 fully saturated rings. The lowest BCUT2D eigenvalue weighted by Crippen LogP contribution is -2.41. The predicted molar refractivity (Wildman–Crippen MR) is 144 cm³/mol. The van der Waals surface area contributed by atoms with Crippen molar-refractivity contribution in [3.63, 3.8) is 0 Å². The topological polar surface area (TPSA) is 70.7 Å². The molecule has 0 heterocycles. The number of amides is 2. The van der Waals surface area contributed by atoms with E-state index in [1.165, 1.54) is 0 Å². The highest BCUT2D eigenvalue weighted by atomic mass is 32.1. The number of hydrogen-bond donors (Lipinski definition) is 2. The molecule has 0 radical (unpaired) electrons. The Hall–Kier alpha value is -3.71. The minimum atomic E-state index is -0.362. The molecule has 35 heavy (non-hydrogen) atoms. The van der Waals surface area contributed by atoms with Gasteiger partial charge >= 0.3 is 0 Å². The third kappa shape index (κ3) is 7.39. The Morgan fingerprint density at radius 1 is 0.886 bits per heavy atom. The molecule has 0 spiro atoms. The number of rotatable bonds is 10. The number of anilines is 1. The van der Waals surface area contributed by atoms with E-state index in [2.05, 4.69) is 17.6 Å². The second kappa shape index (κ2) is 13.2. The van der Waals surface area contributed by atoms with Crippen LogP contribution in [-0.4, -0.2) is 37.1 Å². The van der Waals surface area contributed by atoms with Crippen LogP contribution in [0.4, 0.5) is 5.69 Å². The van der Waals surface area contributed by atoms with Crippen molar-refractivity contribution in [3.05, 3.63) is 95.6 Å². The van der Waals surface area contributed by atoms with Crippen molar-refractivity contribution in [2.45, 2.75) is 26.2 Å². The fraction of sp³-hybridized carbons (Fsp3) is 0.250. The molecule has 0 unspecified atom stereocenters. The number of para-hydroxylation sites is 2. The van der Waals surface area contributed by atoms with Crippen LogP contribution in [0.15, 0.2) is 78.9 Å². The van der Waals surface area contributed by atoms with Crippen LogP contribution >= 0.6 is 12.2 Å². The molecule has 182 valence electrons. The minimum absolute atomic E-state index is 0.183. The third-order valence-electron chi connectivity index (χ3n) is 5.46. The van der Waals surface area contributed by atoms with Gasteiger partial charge in [-0.25, -0.2) is 0 Å². The zero-order chi connectivity index (χ0) is 25.0. The molecule has 0 aromatic heterocycles. The van der Waals surface area contributed by atoms with E-state index in [0.29, 0.717) is 35.7 Å². The SMILES string of the molecule is CCCCOc1ccccc1C(=O)NC(=S)N(C)c1ccccc1C(=O)NCCc1ccccc1. The first-order chi connectivity index (χ1) is 17.0. The lowest BCUT2D eigenvalue weighted by molar-refractivity contribution is 0.0952. The molecule has 0 aliphatic rings. The summed E-state index contributed by atoms with van der Waals surface area (Å²) in [5.74, 6) is -0.0481. The summed E-state index contributed by atoms with van der Waals surface area (Å²) in [6.07, 6.45) is 2.64. The van der Waals surface area contributed by atoms with Crippen LogP contribution < -0.4 is 20.3 Å². The van der Waals surface area contributed by atoms with E-state index in [-0.39, 0.29) is 16.9 Å². The standard InChI is InChI=1S/C28H31N3O3S/c1-3-4-20-34-25-17-11-9-15-23(25)27(33)30-28(35)31(2)24-16-10-8-14-22(24)26(32)29-19-18-21-12-6-5-7-13-21/h5-17H,3-4,18-20H2,1-2H3,(H,29,32)(H,30,33,35). The Morgan fingerprint density at radius 2 is 1.54 bits per heavy atom. The molecule has 0 atom stereocenters. The number of hydrogen-bond acceptors (Lipinski definition) is 4. The summed E-state index contributed by atoms with van der Waals surface area (Å²) in [4.78, 5) is 27.5. The molecule has 0 bridgehead atoms. The number of ether oxygens (including phenoxy) is 1. The number of nitrogens with one attached hydrogen (secondary N) is 2. The Morgan fingerprint density at radius 3 is 2.29 bits per heavy atom. The lowest BCUT2D eigenvalue weighted by atomic mass is 10.1. The van der Waals surface area contributed by atoms with Crippen molar-refractivity contribution in [2.24, 2.45) is 0 Å². The van der Waals surface area contributed by atoms with Crippen LogP contribution in [0.1, 0.15) is 46.0 Å². The first-order valence-electron chi connectivity index (χ1n) is 11.7. The number of nitrogens with zero attached hydrogens (tertiary/aromatic N) is 1. The number of unbranched alkanes of at least 4 members (excludes halogenated alkanes) is 1. The number of carbonyl (C=O) groups excluding carboxylic acids is 2. The van der Waals surface area contributed by atoms with Gasteiger partial charge in [-0.2, -0.15) is 0 Å². The molecule has 2 amide bonds. The van der Waals surface area contributed by atoms with Crippen molar-refractivity contribution >= 4 is 34.8 Å². The Balaban J connectivity index is 1.65. The van der Waals surface area contributed by atoms with Gasteiger partial charge < -0.3 is 15.0 Å². The van der Waals surface area contributed by atoms with Crippen LogP contribution in [-0.2, 0) is 6.42 Å². The van der Waals surface area contributed by atoms with Crippen LogP contribution in [0.25, 0.3) is 0 Å². The fourth-order valence-electron chi connectivity index (χ4n) is 3.48. The second-order valence-corrected chi connectivity index (χ2v) is 8.41. The first kappa shape index (κ1) is 25.9. The van der Waals surface area contributed by atoms with Gasteiger partial charge in [0, 0.05) is 13.6 Å². The van der Waals surface area contributed by atoms with Gasteiger partial charge in [0.05, 0.1) is 23.4 Å². The molecular formula is C28H31N3O3S. The largest absolute Gasteiger partial charge is 0.493 e. The van der Waals surface area contributed by atoms with E-state index < -0.39 is 0 Å². The summed E-state index contributed by atoms with van der Waals surface area (Å²) in [6.45, 7) is 3.13. The maximum Gasteiger partial charge on any atom is 0.261 e. The van der Waals surface area contributed by atoms with Gasteiger partial charge in [-0.1, -0.05) is 67.9 Å². The van der Waals surface area contributed by atoms with Gasteiger partial charge in [-0.15, -0.1) is 0 Å². The highest BCUT2D eigenvalue weighted by molar-refractivity contribution is 7.80. The molecule has 7 heteroatoms. The van der Waals surface area contributed by atoms with Gasteiger partial charge in [0.25, 0.3) is 11.8 Å². The molecule has 0 aliphatic carbocycles. The van der Waals surface area contributed by atoms with Crippen molar-refractivity contribution < 1.29 is 14.3 Å². The fourth-order valence-corrected chi connectivity index (χ4v) is 3.67. The number of benzene rings is 3. The molecule has 3 aromatic carbocycles. The number of thiocarbonyl (C=S) groups is 1. The smallest absolute Gasteiger partial charge is 0.261 e. The Bertz CT molecular complexity index is 1150.